The van der Waals surface area contributed by atoms with Gasteiger partial charge in [-0.25, -0.2) is 0 Å². The molecule has 0 bridgehead atoms. The van der Waals surface area contributed by atoms with E-state index in [0.29, 0.717) is 0 Å². The molecule has 5 heteroatoms. The molecule has 0 aliphatic rings. The summed E-state index contributed by atoms with van der Waals surface area (Å²) in [5, 5.41) is 3.18. The second kappa shape index (κ2) is 4.51. The van der Waals surface area contributed by atoms with Crippen molar-refractivity contribution < 1.29 is 17.9 Å². The molecule has 0 fully saturated rings. The molecule has 0 aliphatic carbocycles. The number of alkyl halides is 3. The van der Waals surface area contributed by atoms with Gasteiger partial charge < -0.3 is 10.1 Å². The largest absolute Gasteiger partial charge is 0.653 e. The fourth-order valence-electron chi connectivity index (χ4n) is 0.362. The highest BCUT2D eigenvalue weighted by molar-refractivity contribution is 4.82. The maximum Gasteiger partial charge on any atom is 0.371 e. The van der Waals surface area contributed by atoms with Gasteiger partial charge in [0.05, 0.1) is 0 Å². The third-order valence-corrected chi connectivity index (χ3v) is 0.745. The second-order valence-electron chi connectivity index (χ2n) is 1.71. The first-order valence-electron chi connectivity index (χ1n) is 2.75. The van der Waals surface area contributed by atoms with Gasteiger partial charge in [0.1, 0.15) is 0 Å². The summed E-state index contributed by atoms with van der Waals surface area (Å²) in [5.41, 5.74) is 0. The van der Waals surface area contributed by atoms with Crippen molar-refractivity contribution in [2.24, 2.45) is 0 Å². The smallest absolute Gasteiger partial charge is 0.371 e. The number of nitrogens with zero attached hydrogens (tertiary/aromatic N) is 1. The van der Waals surface area contributed by atoms with Crippen LogP contribution in [0, 0.1) is 0 Å². The number of ether oxygens (including phenoxy) is 1. The highest BCUT2D eigenvalue weighted by atomic mass is 19.4. The third kappa shape index (κ3) is 7.71. The van der Waals surface area contributed by atoms with Crippen molar-refractivity contribution >= 4 is 0 Å². The van der Waals surface area contributed by atoms with Gasteiger partial charge in [0.2, 0.25) is 0 Å². The van der Waals surface area contributed by atoms with Crippen LogP contribution in [0.5, 0.6) is 0 Å². The molecule has 0 unspecified atom stereocenters. The summed E-state index contributed by atoms with van der Waals surface area (Å²) < 4.78 is 38.5. The van der Waals surface area contributed by atoms with E-state index in [2.05, 4.69) is 10.1 Å². The molecule has 0 saturated carbocycles. The standard InChI is InChI=1S/C5H9F3NO/c1-10-3-2-9-4-5(6,7)8/h2-4H2,1H3/q-1. The Bertz CT molecular complexity index is 83.5. The minimum atomic E-state index is -4.17. The monoisotopic (exact) mass is 156 g/mol. The van der Waals surface area contributed by atoms with E-state index < -0.39 is 12.7 Å². The van der Waals surface area contributed by atoms with E-state index in [1.165, 1.54) is 7.11 Å². The molecule has 0 amide bonds. The van der Waals surface area contributed by atoms with E-state index in [9.17, 15) is 13.2 Å². The third-order valence-electron chi connectivity index (χ3n) is 0.745. The van der Waals surface area contributed by atoms with E-state index >= 15 is 0 Å². The van der Waals surface area contributed by atoms with Crippen molar-refractivity contribution in [3.05, 3.63) is 5.32 Å². The van der Waals surface area contributed by atoms with Gasteiger partial charge >= 0.3 is 6.18 Å². The lowest BCUT2D eigenvalue weighted by Crippen LogP contribution is -2.14. The lowest BCUT2D eigenvalue weighted by atomic mass is 10.6. The number of hydrogen-bond acceptors (Lipinski definition) is 1. The van der Waals surface area contributed by atoms with E-state index in [1.54, 1.807) is 0 Å². The van der Waals surface area contributed by atoms with Crippen LogP contribution in [-0.4, -0.2) is 33.0 Å². The molecule has 0 aliphatic heterocycles. The lowest BCUT2D eigenvalue weighted by molar-refractivity contribution is -0.113. The van der Waals surface area contributed by atoms with Crippen molar-refractivity contribution in [2.75, 3.05) is 26.8 Å². The molecule has 2 nitrogen and oxygen atoms in total. The zero-order valence-corrected chi connectivity index (χ0v) is 5.61. The first kappa shape index (κ1) is 9.71. The van der Waals surface area contributed by atoms with Crippen LogP contribution in [0.3, 0.4) is 0 Å². The van der Waals surface area contributed by atoms with Gasteiger partial charge in [-0.05, 0) is 0 Å². The lowest BCUT2D eigenvalue weighted by Gasteiger charge is -2.19. The van der Waals surface area contributed by atoms with Crippen molar-refractivity contribution in [3.8, 4) is 0 Å². The number of methoxy groups -OCH3 is 1. The summed E-state index contributed by atoms with van der Waals surface area (Å²) in [6.45, 7) is -0.720. The molecule has 0 aromatic carbocycles. The van der Waals surface area contributed by atoms with E-state index in [-0.39, 0.29) is 13.2 Å². The molecule has 0 rings (SSSR count). The Hall–Kier alpha value is -0.290. The SMILES string of the molecule is COCC[N-]CC(F)(F)F. The fraction of sp³-hybridized carbons (Fsp3) is 1.00. The first-order chi connectivity index (χ1) is 4.56. The van der Waals surface area contributed by atoms with Crippen LogP contribution in [-0.2, 0) is 4.74 Å². The van der Waals surface area contributed by atoms with Crippen molar-refractivity contribution in [2.45, 2.75) is 6.18 Å². The van der Waals surface area contributed by atoms with Crippen LogP contribution in [0.2, 0.25) is 0 Å². The summed E-state index contributed by atoms with van der Waals surface area (Å²) >= 11 is 0. The highest BCUT2D eigenvalue weighted by Crippen LogP contribution is 2.16. The Morgan fingerprint density at radius 2 is 2.00 bits per heavy atom. The Labute approximate surface area is 57.4 Å². The van der Waals surface area contributed by atoms with Crippen LogP contribution >= 0.6 is 0 Å². The second-order valence-corrected chi connectivity index (χ2v) is 1.71. The summed E-state index contributed by atoms with van der Waals surface area (Å²) in [5.74, 6) is 0. The van der Waals surface area contributed by atoms with Crippen molar-refractivity contribution in [1.82, 2.24) is 0 Å². The molecule has 0 radical (unpaired) electrons. The molecule has 0 aromatic rings. The quantitative estimate of drug-likeness (QED) is 0.566. The average Bonchev–Trinajstić information content (AvgIpc) is 1.78. The van der Waals surface area contributed by atoms with E-state index in [4.69, 9.17) is 0 Å². The van der Waals surface area contributed by atoms with Crippen molar-refractivity contribution in [3.63, 3.8) is 0 Å². The molecular formula is C5H9F3NO-. The minimum absolute atomic E-state index is 0.107. The Kier molecular flexibility index (Phi) is 4.38. The van der Waals surface area contributed by atoms with Gasteiger partial charge in [0.25, 0.3) is 0 Å². The molecular weight excluding hydrogens is 147 g/mol. The maximum atomic E-state index is 11.3. The topological polar surface area (TPSA) is 23.3 Å². The van der Waals surface area contributed by atoms with Gasteiger partial charge in [-0.2, -0.15) is 13.2 Å². The van der Waals surface area contributed by atoms with Crippen LogP contribution in [0.25, 0.3) is 5.32 Å². The number of rotatable bonds is 4. The average molecular weight is 156 g/mol. The molecule has 0 heterocycles. The summed E-state index contributed by atoms with van der Waals surface area (Å²) in [6, 6.07) is 0. The highest BCUT2D eigenvalue weighted by Gasteiger charge is 2.20. The predicted octanol–water partition coefficient (Wildman–Crippen LogP) is 1.57. The van der Waals surface area contributed by atoms with Gasteiger partial charge in [-0.15, -0.1) is 6.54 Å². The molecule has 0 spiro atoms. The summed E-state index contributed by atoms with van der Waals surface area (Å²) in [7, 11) is 1.42. The Morgan fingerprint density at radius 1 is 1.40 bits per heavy atom. The van der Waals surface area contributed by atoms with Crippen LogP contribution in [0.1, 0.15) is 0 Å². The van der Waals surface area contributed by atoms with E-state index in [1.807, 2.05) is 0 Å². The molecule has 0 atom stereocenters. The van der Waals surface area contributed by atoms with Gasteiger partial charge in [-0.3, -0.25) is 0 Å². The summed E-state index contributed by atoms with van der Waals surface area (Å²) in [6.07, 6.45) is -4.17. The number of halogens is 3. The molecule has 10 heavy (non-hydrogen) atoms. The van der Waals surface area contributed by atoms with Crippen LogP contribution < -0.4 is 0 Å². The molecule has 0 N–H and O–H groups in total. The Balaban J connectivity index is 3.04. The zero-order valence-electron chi connectivity index (χ0n) is 5.61. The maximum absolute atomic E-state index is 11.3. The minimum Gasteiger partial charge on any atom is -0.653 e. The molecule has 62 valence electrons. The fourth-order valence-corrected chi connectivity index (χ4v) is 0.362. The molecule has 0 aromatic heterocycles. The van der Waals surface area contributed by atoms with Gasteiger partial charge in [-0.1, -0.05) is 6.54 Å². The van der Waals surface area contributed by atoms with E-state index in [0.717, 1.165) is 0 Å². The zero-order chi connectivity index (χ0) is 8.04. The molecule has 0 saturated heterocycles. The normalized spacial score (nSPS) is 12.0. The van der Waals surface area contributed by atoms with Gasteiger partial charge in [0, 0.05) is 13.7 Å². The van der Waals surface area contributed by atoms with Crippen LogP contribution in [0.4, 0.5) is 13.2 Å². The number of hydrogen-bond donors (Lipinski definition) is 0. The van der Waals surface area contributed by atoms with Gasteiger partial charge in [0.15, 0.2) is 0 Å². The van der Waals surface area contributed by atoms with Crippen molar-refractivity contribution in [1.29, 1.82) is 0 Å². The summed E-state index contributed by atoms with van der Waals surface area (Å²) in [4.78, 5) is 0. The van der Waals surface area contributed by atoms with Crippen LogP contribution in [0.15, 0.2) is 0 Å². The first-order valence-corrected chi connectivity index (χ1v) is 2.75. The predicted molar refractivity (Wildman–Crippen MR) is 31.0 cm³/mol. The Morgan fingerprint density at radius 3 is 2.40 bits per heavy atom.